The number of rotatable bonds is 10. The summed E-state index contributed by atoms with van der Waals surface area (Å²) in [5.74, 6) is 1.67. The lowest BCUT2D eigenvalue weighted by Crippen LogP contribution is -2.10. The SMILES string of the molecule is c1ccc(-c2cccc(-c3cccc(N(c4cccc(-c5ccc6c7c8sc9cc%10c%11ccccc%11c%11ccccc%11c%10cc9c8ccc7n(-c7nc(-c8ccccc8)nc(-c8cccc(-c9ccccn9)c8)n7)c6c5)c4)c4cccc5ccccc45)c3)c2)cc1. The first kappa shape index (κ1) is 52.2. The summed E-state index contributed by atoms with van der Waals surface area (Å²) in [5.41, 5.74) is 15.6. The minimum atomic E-state index is 0.526. The van der Waals surface area contributed by atoms with Gasteiger partial charge in [-0.1, -0.05) is 231 Å². The zero-order valence-electron chi connectivity index (χ0n) is 49.1. The summed E-state index contributed by atoms with van der Waals surface area (Å²) in [7, 11) is 0. The van der Waals surface area contributed by atoms with Gasteiger partial charge in [-0.15, -0.1) is 11.3 Å². The van der Waals surface area contributed by atoms with Gasteiger partial charge < -0.3 is 4.90 Å². The summed E-state index contributed by atoms with van der Waals surface area (Å²) in [6.45, 7) is 0. The third-order valence-electron chi connectivity index (χ3n) is 18.0. The fourth-order valence-electron chi connectivity index (χ4n) is 13.8. The normalized spacial score (nSPS) is 11.7. The highest BCUT2D eigenvalue weighted by Crippen LogP contribution is 2.48. The van der Waals surface area contributed by atoms with E-state index in [0.29, 0.717) is 17.6 Å². The van der Waals surface area contributed by atoms with E-state index in [-0.39, 0.29) is 0 Å². The summed E-state index contributed by atoms with van der Waals surface area (Å²) in [4.78, 5) is 23.4. The molecule has 4 heterocycles. The van der Waals surface area contributed by atoms with Gasteiger partial charge in [0.05, 0.1) is 22.4 Å². The van der Waals surface area contributed by atoms with E-state index >= 15 is 0 Å². The molecule has 18 aromatic rings. The van der Waals surface area contributed by atoms with Crippen molar-refractivity contribution in [3.63, 3.8) is 0 Å². The summed E-state index contributed by atoms with van der Waals surface area (Å²) < 4.78 is 4.74. The Morgan fingerprint density at radius 1 is 0.297 bits per heavy atom. The van der Waals surface area contributed by atoms with E-state index < -0.39 is 0 Å². The van der Waals surface area contributed by atoms with E-state index in [1.54, 1.807) is 0 Å². The first-order valence-corrected chi connectivity index (χ1v) is 31.6. The monoisotopic (exact) mass is 1180 g/mol. The van der Waals surface area contributed by atoms with E-state index in [0.717, 1.165) is 88.9 Å². The van der Waals surface area contributed by atoms with Crippen molar-refractivity contribution in [2.45, 2.75) is 0 Å². The van der Waals surface area contributed by atoms with Crippen LogP contribution in [0.1, 0.15) is 0 Å². The molecule has 4 aromatic heterocycles. The molecule has 0 unspecified atom stereocenters. The van der Waals surface area contributed by atoms with E-state index in [4.69, 9.17) is 19.9 Å². The predicted molar refractivity (Wildman–Crippen MR) is 382 cm³/mol. The Kier molecular flexibility index (Phi) is 12.3. The van der Waals surface area contributed by atoms with Gasteiger partial charge in [-0.2, -0.15) is 9.97 Å². The average molecular weight is 1180 g/mol. The second-order valence-corrected chi connectivity index (χ2v) is 24.4. The van der Waals surface area contributed by atoms with Crippen LogP contribution in [-0.4, -0.2) is 24.5 Å². The minimum Gasteiger partial charge on any atom is -0.310 e. The van der Waals surface area contributed by atoms with Crippen molar-refractivity contribution in [2.24, 2.45) is 0 Å². The molecule has 14 aromatic carbocycles. The topological polar surface area (TPSA) is 59.7 Å². The number of pyridine rings is 1. The fraction of sp³-hybridized carbons (Fsp3) is 0. The molecule has 0 bridgehead atoms. The Labute approximate surface area is 528 Å². The fourth-order valence-corrected chi connectivity index (χ4v) is 15.1. The highest BCUT2D eigenvalue weighted by Gasteiger charge is 2.24. The molecule has 0 aliphatic carbocycles. The zero-order valence-corrected chi connectivity index (χ0v) is 49.9. The number of fused-ring (bicyclic) bond motifs is 14. The van der Waals surface area contributed by atoms with Crippen LogP contribution < -0.4 is 4.90 Å². The number of hydrogen-bond donors (Lipinski definition) is 0. The molecule has 0 spiro atoms. The third kappa shape index (κ3) is 8.93. The Morgan fingerprint density at radius 2 is 0.813 bits per heavy atom. The van der Waals surface area contributed by atoms with Crippen molar-refractivity contribution in [3.8, 4) is 73.4 Å². The molecule has 7 heteroatoms. The molecule has 0 aliphatic rings. The van der Waals surface area contributed by atoms with Crippen LogP contribution in [0.3, 0.4) is 0 Å². The summed E-state index contributed by atoms with van der Waals surface area (Å²) in [5, 5.41) is 14.6. The van der Waals surface area contributed by atoms with Crippen molar-refractivity contribution in [1.29, 1.82) is 0 Å². The molecular formula is C84H52N6S. The standard InChI is InChI=1S/C84H52N6S/c1-3-20-53(21-4-1)56-26-15-27-57(46-56)58-28-17-32-63(48-58)89(76-40-19-25-54-22-7-8-34-65(54)76)64-33-18-29-59(49-64)60-41-42-71-78(50-60)90(84-87-82(55-23-5-2-6-24-55)86-83(88-84)62-31-16-30-61(47-62)75-39-13-14-45-85-75)77-44-43-70-74-51-72-68-37-11-9-35-66(68)67-36-10-12-38-69(67)73(72)52-79(74)91-81(70)80(71)77/h1-52H. The quantitative estimate of drug-likeness (QED) is 0.128. The van der Waals surface area contributed by atoms with Crippen LogP contribution in [0.15, 0.2) is 316 Å². The van der Waals surface area contributed by atoms with Crippen LogP contribution >= 0.6 is 11.3 Å². The number of anilines is 3. The van der Waals surface area contributed by atoms with Gasteiger partial charge in [0.25, 0.3) is 0 Å². The Hall–Kier alpha value is -11.9. The Balaban J connectivity index is 0.860. The number of thiophene rings is 1. The molecule has 91 heavy (non-hydrogen) atoms. The molecule has 0 amide bonds. The number of nitrogens with zero attached hydrogens (tertiary/aromatic N) is 6. The average Bonchev–Trinajstić information content (AvgIpc) is 1.69. The lowest BCUT2D eigenvalue weighted by Gasteiger charge is -2.28. The van der Waals surface area contributed by atoms with Gasteiger partial charge in [-0.3, -0.25) is 9.55 Å². The number of hydrogen-bond acceptors (Lipinski definition) is 6. The van der Waals surface area contributed by atoms with E-state index in [1.807, 2.05) is 53.9 Å². The number of benzene rings is 14. The van der Waals surface area contributed by atoms with Gasteiger partial charge in [0.15, 0.2) is 11.6 Å². The second kappa shape index (κ2) is 21.5. The van der Waals surface area contributed by atoms with Gasteiger partial charge in [-0.05, 0) is 150 Å². The van der Waals surface area contributed by atoms with Crippen LogP contribution in [0, 0.1) is 0 Å². The smallest absolute Gasteiger partial charge is 0.238 e. The Bertz CT molecular complexity index is 5910. The molecule has 0 radical (unpaired) electrons. The van der Waals surface area contributed by atoms with Crippen molar-refractivity contribution < 1.29 is 0 Å². The van der Waals surface area contributed by atoms with Gasteiger partial charge in [0.1, 0.15) is 0 Å². The maximum absolute atomic E-state index is 5.52. The highest BCUT2D eigenvalue weighted by molar-refractivity contribution is 7.27. The summed E-state index contributed by atoms with van der Waals surface area (Å²) >= 11 is 1.87. The van der Waals surface area contributed by atoms with Gasteiger partial charge in [0, 0.05) is 70.6 Å². The zero-order chi connectivity index (χ0) is 59.9. The Morgan fingerprint density at radius 3 is 1.52 bits per heavy atom. The third-order valence-corrected chi connectivity index (χ3v) is 19.2. The lowest BCUT2D eigenvalue weighted by molar-refractivity contribution is 0.954. The van der Waals surface area contributed by atoms with Crippen molar-refractivity contribution in [2.75, 3.05) is 4.90 Å². The van der Waals surface area contributed by atoms with Gasteiger partial charge in [-0.25, -0.2) is 4.98 Å². The van der Waals surface area contributed by atoms with E-state index in [2.05, 4.69) is 282 Å². The van der Waals surface area contributed by atoms with Crippen LogP contribution in [0.2, 0.25) is 0 Å². The molecule has 0 saturated heterocycles. The highest BCUT2D eigenvalue weighted by atomic mass is 32.1. The molecule has 18 rings (SSSR count). The van der Waals surface area contributed by atoms with Crippen LogP contribution in [0.25, 0.3) is 158 Å². The van der Waals surface area contributed by atoms with Crippen molar-refractivity contribution >= 4 is 113 Å². The summed E-state index contributed by atoms with van der Waals surface area (Å²) in [6.07, 6.45) is 1.83. The first-order valence-electron chi connectivity index (χ1n) is 30.7. The molecule has 0 N–H and O–H groups in total. The van der Waals surface area contributed by atoms with Gasteiger partial charge >= 0.3 is 0 Å². The molecule has 0 fully saturated rings. The van der Waals surface area contributed by atoms with Crippen LogP contribution in [0.4, 0.5) is 17.1 Å². The van der Waals surface area contributed by atoms with Crippen LogP contribution in [-0.2, 0) is 0 Å². The summed E-state index contributed by atoms with van der Waals surface area (Å²) in [6, 6.07) is 111. The van der Waals surface area contributed by atoms with E-state index in [1.165, 1.54) is 69.0 Å². The van der Waals surface area contributed by atoms with Crippen molar-refractivity contribution in [1.82, 2.24) is 24.5 Å². The molecular weight excluding hydrogens is 1130 g/mol. The number of aromatic nitrogens is 5. The molecule has 424 valence electrons. The van der Waals surface area contributed by atoms with Crippen molar-refractivity contribution in [3.05, 3.63) is 316 Å². The first-order chi connectivity index (χ1) is 45.1. The molecule has 0 atom stereocenters. The second-order valence-electron chi connectivity index (χ2n) is 23.3. The largest absolute Gasteiger partial charge is 0.310 e. The maximum atomic E-state index is 5.52. The van der Waals surface area contributed by atoms with E-state index in [9.17, 15) is 0 Å². The predicted octanol–water partition coefficient (Wildman–Crippen LogP) is 22.8. The molecule has 0 aliphatic heterocycles. The minimum absolute atomic E-state index is 0.526. The maximum Gasteiger partial charge on any atom is 0.238 e. The molecule has 0 saturated carbocycles. The lowest BCUT2D eigenvalue weighted by atomic mass is 9.93. The van der Waals surface area contributed by atoms with Crippen LogP contribution in [0.5, 0.6) is 0 Å². The molecule has 6 nitrogen and oxygen atoms in total. The van der Waals surface area contributed by atoms with Gasteiger partial charge in [0.2, 0.25) is 5.95 Å².